The van der Waals surface area contributed by atoms with E-state index in [0.717, 1.165) is 22.6 Å². The van der Waals surface area contributed by atoms with Crippen molar-refractivity contribution in [3.63, 3.8) is 0 Å². The fraction of sp³-hybridized carbons (Fsp3) is 0.148. The van der Waals surface area contributed by atoms with E-state index in [9.17, 15) is 4.79 Å². The number of carbonyl (C=O) groups excluding carboxylic acids is 1. The van der Waals surface area contributed by atoms with Gasteiger partial charge in [0.1, 0.15) is 6.33 Å². The van der Waals surface area contributed by atoms with Crippen molar-refractivity contribution in [2.45, 2.75) is 0 Å². The Kier molecular flexibility index (Phi) is 5.38. The maximum atomic E-state index is 13.1. The number of hydrogen-bond donors (Lipinski definition) is 0. The van der Waals surface area contributed by atoms with Crippen LogP contribution < -0.4 is 4.90 Å². The van der Waals surface area contributed by atoms with Crippen LogP contribution in [0.4, 0.5) is 5.82 Å². The largest absolute Gasteiger partial charge is 0.351 e. The summed E-state index contributed by atoms with van der Waals surface area (Å²) >= 11 is 0. The normalized spacial score (nSPS) is 13.8. The molecule has 3 heterocycles. The Labute approximate surface area is 202 Å². The van der Waals surface area contributed by atoms with Gasteiger partial charge in [-0.05, 0) is 35.4 Å². The second-order valence-electron chi connectivity index (χ2n) is 8.43. The molecule has 172 valence electrons. The van der Waals surface area contributed by atoms with Gasteiger partial charge < -0.3 is 9.80 Å². The van der Waals surface area contributed by atoms with Gasteiger partial charge >= 0.3 is 0 Å². The molecular formula is C27H23N7O. The van der Waals surface area contributed by atoms with Crippen LogP contribution in [0.3, 0.4) is 0 Å². The molecule has 0 bridgehead atoms. The Morgan fingerprint density at radius 2 is 1.37 bits per heavy atom. The van der Waals surface area contributed by atoms with Gasteiger partial charge in [0.2, 0.25) is 0 Å². The zero-order chi connectivity index (χ0) is 23.6. The molecule has 1 aliphatic heterocycles. The van der Waals surface area contributed by atoms with Crippen LogP contribution in [0.25, 0.3) is 28.0 Å². The monoisotopic (exact) mass is 461 g/mol. The minimum atomic E-state index is 0.0483. The fourth-order valence-electron chi connectivity index (χ4n) is 4.45. The third-order valence-electron chi connectivity index (χ3n) is 6.32. The molecule has 6 rings (SSSR count). The standard InChI is InChI=1S/C27H23N7O/c35-27(22-13-11-21(12-14-22)20-7-3-1-4-8-20)33-17-15-32(16-18-33)25-24-26(29-19-28-25)34(31-30-24)23-9-5-2-6-10-23/h1-14,19H,15-18H2. The van der Waals surface area contributed by atoms with Crippen molar-refractivity contribution < 1.29 is 4.79 Å². The number of carbonyl (C=O) groups is 1. The Hall–Kier alpha value is -4.59. The van der Waals surface area contributed by atoms with Gasteiger partial charge in [-0.3, -0.25) is 4.79 Å². The van der Waals surface area contributed by atoms with Crippen molar-refractivity contribution in [3.05, 3.63) is 96.8 Å². The van der Waals surface area contributed by atoms with Crippen LogP contribution in [-0.2, 0) is 0 Å². The predicted octanol–water partition coefficient (Wildman–Crippen LogP) is 3.84. The number of benzene rings is 3. The molecule has 2 aromatic heterocycles. The summed E-state index contributed by atoms with van der Waals surface area (Å²) in [4.78, 5) is 26.1. The fourth-order valence-corrected chi connectivity index (χ4v) is 4.45. The summed E-state index contributed by atoms with van der Waals surface area (Å²) in [6, 6.07) is 27.8. The highest BCUT2D eigenvalue weighted by Gasteiger charge is 2.25. The van der Waals surface area contributed by atoms with E-state index in [2.05, 4.69) is 37.3 Å². The maximum Gasteiger partial charge on any atom is 0.253 e. The molecule has 0 unspecified atom stereocenters. The minimum Gasteiger partial charge on any atom is -0.351 e. The highest BCUT2D eigenvalue weighted by molar-refractivity contribution is 5.95. The van der Waals surface area contributed by atoms with E-state index < -0.39 is 0 Å². The van der Waals surface area contributed by atoms with Gasteiger partial charge in [-0.1, -0.05) is 65.9 Å². The zero-order valence-electron chi connectivity index (χ0n) is 19.0. The Morgan fingerprint density at radius 1 is 0.714 bits per heavy atom. The summed E-state index contributed by atoms with van der Waals surface area (Å²) in [6.45, 7) is 2.55. The van der Waals surface area contributed by atoms with Crippen molar-refractivity contribution >= 4 is 22.9 Å². The van der Waals surface area contributed by atoms with Gasteiger partial charge in [0.05, 0.1) is 5.69 Å². The molecule has 1 fully saturated rings. The third-order valence-corrected chi connectivity index (χ3v) is 6.32. The number of hydrogen-bond acceptors (Lipinski definition) is 6. The van der Waals surface area contributed by atoms with E-state index in [1.165, 1.54) is 0 Å². The third kappa shape index (κ3) is 3.99. The smallest absolute Gasteiger partial charge is 0.253 e. The molecule has 3 aromatic carbocycles. The number of amides is 1. The molecule has 8 nitrogen and oxygen atoms in total. The van der Waals surface area contributed by atoms with E-state index in [1.54, 1.807) is 11.0 Å². The molecule has 1 amide bonds. The molecular weight excluding hydrogens is 438 g/mol. The summed E-state index contributed by atoms with van der Waals surface area (Å²) in [5.41, 5.74) is 5.16. The number of nitrogens with zero attached hydrogens (tertiary/aromatic N) is 7. The van der Waals surface area contributed by atoms with Gasteiger partial charge in [0.25, 0.3) is 5.91 Å². The first-order valence-corrected chi connectivity index (χ1v) is 11.6. The van der Waals surface area contributed by atoms with E-state index in [-0.39, 0.29) is 5.91 Å². The average Bonchev–Trinajstić information content (AvgIpc) is 3.38. The van der Waals surface area contributed by atoms with Gasteiger partial charge in [0.15, 0.2) is 17.0 Å². The number of rotatable bonds is 4. The highest BCUT2D eigenvalue weighted by Crippen LogP contribution is 2.24. The molecule has 8 heteroatoms. The van der Waals surface area contributed by atoms with Crippen molar-refractivity contribution in [1.29, 1.82) is 0 Å². The molecule has 0 spiro atoms. The van der Waals surface area contributed by atoms with Crippen LogP contribution in [0.1, 0.15) is 10.4 Å². The molecule has 0 N–H and O–H groups in total. The van der Waals surface area contributed by atoms with E-state index in [4.69, 9.17) is 0 Å². The van der Waals surface area contributed by atoms with Gasteiger partial charge in [-0.25, -0.2) is 9.97 Å². The predicted molar refractivity (Wildman–Crippen MR) is 134 cm³/mol. The summed E-state index contributed by atoms with van der Waals surface area (Å²) in [6.07, 6.45) is 1.55. The van der Waals surface area contributed by atoms with Crippen LogP contribution in [-0.4, -0.2) is 61.9 Å². The topological polar surface area (TPSA) is 80.0 Å². The van der Waals surface area contributed by atoms with Crippen LogP contribution >= 0.6 is 0 Å². The van der Waals surface area contributed by atoms with Crippen LogP contribution in [0, 0.1) is 0 Å². The molecule has 35 heavy (non-hydrogen) atoms. The van der Waals surface area contributed by atoms with Crippen LogP contribution in [0.15, 0.2) is 91.3 Å². The van der Waals surface area contributed by atoms with E-state index in [0.29, 0.717) is 42.9 Å². The average molecular weight is 462 g/mol. The molecule has 0 aliphatic carbocycles. The molecule has 1 saturated heterocycles. The summed E-state index contributed by atoms with van der Waals surface area (Å²) in [5.74, 6) is 0.795. The lowest BCUT2D eigenvalue weighted by atomic mass is 10.0. The molecule has 0 atom stereocenters. The van der Waals surface area contributed by atoms with Gasteiger partial charge in [-0.15, -0.1) is 5.10 Å². The van der Waals surface area contributed by atoms with E-state index in [1.807, 2.05) is 77.7 Å². The summed E-state index contributed by atoms with van der Waals surface area (Å²) < 4.78 is 1.72. The van der Waals surface area contributed by atoms with Crippen molar-refractivity contribution in [2.24, 2.45) is 0 Å². The Bertz CT molecular complexity index is 1460. The molecule has 1 aliphatic rings. The molecule has 0 saturated carbocycles. The van der Waals surface area contributed by atoms with Gasteiger partial charge in [-0.2, -0.15) is 4.68 Å². The molecule has 5 aromatic rings. The van der Waals surface area contributed by atoms with Gasteiger partial charge in [0, 0.05) is 31.7 Å². The summed E-state index contributed by atoms with van der Waals surface area (Å²) in [5, 5.41) is 8.68. The Balaban J connectivity index is 1.16. The number of fused-ring (bicyclic) bond motifs is 1. The van der Waals surface area contributed by atoms with Crippen molar-refractivity contribution in [1.82, 2.24) is 29.9 Å². The molecule has 0 radical (unpaired) electrons. The maximum absolute atomic E-state index is 13.1. The first-order valence-electron chi connectivity index (χ1n) is 11.6. The second kappa shape index (κ2) is 8.98. The lowest BCUT2D eigenvalue weighted by Gasteiger charge is -2.35. The lowest BCUT2D eigenvalue weighted by molar-refractivity contribution is 0.0746. The number of anilines is 1. The van der Waals surface area contributed by atoms with E-state index >= 15 is 0 Å². The zero-order valence-corrected chi connectivity index (χ0v) is 19.0. The first-order chi connectivity index (χ1) is 17.3. The Morgan fingerprint density at radius 3 is 2.09 bits per heavy atom. The highest BCUT2D eigenvalue weighted by atomic mass is 16.2. The second-order valence-corrected chi connectivity index (χ2v) is 8.43. The minimum absolute atomic E-state index is 0.0483. The lowest BCUT2D eigenvalue weighted by Crippen LogP contribution is -2.49. The number of para-hydroxylation sites is 1. The first kappa shape index (κ1) is 21.0. The van der Waals surface area contributed by atoms with Crippen LogP contribution in [0.5, 0.6) is 0 Å². The SMILES string of the molecule is O=C(c1ccc(-c2ccccc2)cc1)N1CCN(c2ncnc3c2nnn3-c2ccccc2)CC1. The summed E-state index contributed by atoms with van der Waals surface area (Å²) in [7, 11) is 0. The van der Waals surface area contributed by atoms with Crippen molar-refractivity contribution in [2.75, 3.05) is 31.1 Å². The van der Waals surface area contributed by atoms with Crippen LogP contribution in [0.2, 0.25) is 0 Å². The number of piperazine rings is 1. The van der Waals surface area contributed by atoms with Crippen molar-refractivity contribution in [3.8, 4) is 16.8 Å². The number of aromatic nitrogens is 5. The quantitative estimate of drug-likeness (QED) is 0.405.